The van der Waals surface area contributed by atoms with Crippen LogP contribution >= 0.6 is 11.6 Å². The minimum absolute atomic E-state index is 0.0246. The van der Waals surface area contributed by atoms with Gasteiger partial charge < -0.3 is 21.1 Å². The van der Waals surface area contributed by atoms with E-state index in [1.54, 1.807) is 35.2 Å². The van der Waals surface area contributed by atoms with E-state index in [2.05, 4.69) is 10.4 Å². The number of nitrogens with one attached hydrogen (secondary N) is 1. The SMILES string of the molecule is NC(=O)c1nn(CC(=O)N2[C@@H]3CC[C@@H](C3)[C@H]2C(=O)NC(CCO)c2cccc(Cl)c2F)c2ccccc12. The van der Waals surface area contributed by atoms with Crippen molar-refractivity contribution in [1.29, 1.82) is 0 Å². The fourth-order valence-electron chi connectivity index (χ4n) is 5.81. The molecule has 194 valence electrons. The lowest BCUT2D eigenvalue weighted by atomic mass is 9.96. The van der Waals surface area contributed by atoms with Crippen LogP contribution in [0.4, 0.5) is 4.39 Å². The Morgan fingerprint density at radius 1 is 1.19 bits per heavy atom. The largest absolute Gasteiger partial charge is 0.396 e. The highest BCUT2D eigenvalue weighted by molar-refractivity contribution is 6.30. The first-order valence-electron chi connectivity index (χ1n) is 12.2. The van der Waals surface area contributed by atoms with Gasteiger partial charge in [-0.2, -0.15) is 5.10 Å². The van der Waals surface area contributed by atoms with Crippen molar-refractivity contribution in [3.05, 3.63) is 64.6 Å². The van der Waals surface area contributed by atoms with E-state index in [1.165, 1.54) is 16.8 Å². The Morgan fingerprint density at radius 3 is 2.73 bits per heavy atom. The summed E-state index contributed by atoms with van der Waals surface area (Å²) in [7, 11) is 0. The number of benzene rings is 2. The molecular formula is C26H27ClFN5O4. The fraction of sp³-hybridized carbons (Fsp3) is 0.385. The van der Waals surface area contributed by atoms with Gasteiger partial charge in [-0.25, -0.2) is 4.39 Å². The molecule has 4 atom stereocenters. The van der Waals surface area contributed by atoms with Crippen LogP contribution in [-0.2, 0) is 16.1 Å². The maximum Gasteiger partial charge on any atom is 0.269 e. The quantitative estimate of drug-likeness (QED) is 0.414. The lowest BCUT2D eigenvalue weighted by molar-refractivity contribution is -0.143. The molecule has 3 amide bonds. The van der Waals surface area contributed by atoms with Crippen LogP contribution in [0.25, 0.3) is 10.9 Å². The first kappa shape index (κ1) is 25.2. The summed E-state index contributed by atoms with van der Waals surface area (Å²) in [4.78, 5) is 40.6. The van der Waals surface area contributed by atoms with E-state index in [-0.39, 0.29) is 53.7 Å². The van der Waals surface area contributed by atoms with E-state index < -0.39 is 29.7 Å². The highest BCUT2D eigenvalue weighted by atomic mass is 35.5. The average molecular weight is 528 g/mol. The predicted molar refractivity (Wildman–Crippen MR) is 134 cm³/mol. The number of nitrogens with two attached hydrogens (primary N) is 1. The number of halogens is 2. The molecule has 3 aromatic rings. The molecule has 1 saturated heterocycles. The van der Waals surface area contributed by atoms with Gasteiger partial charge in [0, 0.05) is 23.6 Å². The van der Waals surface area contributed by atoms with Gasteiger partial charge in [-0.3, -0.25) is 19.1 Å². The summed E-state index contributed by atoms with van der Waals surface area (Å²) in [6.45, 7) is -0.436. The number of primary amides is 1. The summed E-state index contributed by atoms with van der Waals surface area (Å²) in [5.41, 5.74) is 6.33. The van der Waals surface area contributed by atoms with Gasteiger partial charge in [0.25, 0.3) is 5.91 Å². The molecule has 5 rings (SSSR count). The Hall–Kier alpha value is -3.50. The lowest BCUT2D eigenvalue weighted by Gasteiger charge is -2.35. The zero-order valence-electron chi connectivity index (χ0n) is 19.9. The second-order valence-corrected chi connectivity index (χ2v) is 9.98. The minimum Gasteiger partial charge on any atom is -0.396 e. The van der Waals surface area contributed by atoms with Gasteiger partial charge in [-0.1, -0.05) is 41.9 Å². The maximum atomic E-state index is 14.7. The van der Waals surface area contributed by atoms with Crippen molar-refractivity contribution in [3.63, 3.8) is 0 Å². The zero-order chi connectivity index (χ0) is 26.3. The van der Waals surface area contributed by atoms with E-state index in [9.17, 15) is 23.9 Å². The van der Waals surface area contributed by atoms with E-state index in [1.807, 2.05) is 0 Å². The molecule has 1 aliphatic carbocycles. The van der Waals surface area contributed by atoms with Crippen molar-refractivity contribution >= 4 is 40.2 Å². The molecule has 0 radical (unpaired) electrons. The number of carbonyl (C=O) groups excluding carboxylic acids is 3. The Kier molecular flexibility index (Phi) is 6.87. The number of likely N-dealkylation sites (tertiary alicyclic amines) is 1. The van der Waals surface area contributed by atoms with Gasteiger partial charge in [0.05, 0.1) is 16.6 Å². The minimum atomic E-state index is -0.805. The lowest BCUT2D eigenvalue weighted by Crippen LogP contribution is -2.54. The van der Waals surface area contributed by atoms with Crippen molar-refractivity contribution in [2.45, 2.75) is 50.4 Å². The molecule has 1 aliphatic heterocycles. The van der Waals surface area contributed by atoms with E-state index in [0.29, 0.717) is 17.3 Å². The van der Waals surface area contributed by atoms with Gasteiger partial charge in [-0.05, 0) is 43.7 Å². The molecule has 1 saturated carbocycles. The van der Waals surface area contributed by atoms with Gasteiger partial charge in [0.2, 0.25) is 11.8 Å². The number of hydrogen-bond acceptors (Lipinski definition) is 5. The molecule has 1 aromatic heterocycles. The average Bonchev–Trinajstić information content (AvgIpc) is 3.59. The number of hydrogen-bond donors (Lipinski definition) is 3. The Balaban J connectivity index is 1.40. The second-order valence-electron chi connectivity index (χ2n) is 9.58. The fourth-order valence-corrected chi connectivity index (χ4v) is 5.99. The molecule has 37 heavy (non-hydrogen) atoms. The zero-order valence-corrected chi connectivity index (χ0v) is 20.7. The molecule has 2 fully saturated rings. The van der Waals surface area contributed by atoms with E-state index >= 15 is 0 Å². The van der Waals surface area contributed by atoms with Crippen molar-refractivity contribution < 1.29 is 23.9 Å². The molecule has 2 aliphatic rings. The van der Waals surface area contributed by atoms with Crippen LogP contribution < -0.4 is 11.1 Å². The predicted octanol–water partition coefficient (Wildman–Crippen LogP) is 2.55. The van der Waals surface area contributed by atoms with Crippen LogP contribution in [0.1, 0.15) is 47.8 Å². The summed E-state index contributed by atoms with van der Waals surface area (Å²) >= 11 is 5.94. The number of carbonyl (C=O) groups is 3. The third-order valence-electron chi connectivity index (χ3n) is 7.41. The summed E-state index contributed by atoms with van der Waals surface area (Å²) in [5.74, 6) is -2.07. The number of aromatic nitrogens is 2. The number of aliphatic hydroxyl groups excluding tert-OH is 1. The molecule has 11 heteroatoms. The summed E-state index contributed by atoms with van der Waals surface area (Å²) in [6.07, 6.45) is 2.38. The Morgan fingerprint density at radius 2 is 1.97 bits per heavy atom. The highest BCUT2D eigenvalue weighted by Gasteiger charge is 2.51. The van der Waals surface area contributed by atoms with Crippen molar-refractivity contribution in [2.24, 2.45) is 11.7 Å². The first-order valence-corrected chi connectivity index (χ1v) is 12.6. The summed E-state index contributed by atoms with van der Waals surface area (Å²) in [6, 6.07) is 9.89. The number of fused-ring (bicyclic) bond motifs is 3. The maximum absolute atomic E-state index is 14.7. The van der Waals surface area contributed by atoms with Crippen LogP contribution in [0.3, 0.4) is 0 Å². The smallest absolute Gasteiger partial charge is 0.269 e. The van der Waals surface area contributed by atoms with Crippen molar-refractivity contribution in [3.8, 4) is 0 Å². The molecule has 2 heterocycles. The number of aliphatic hydroxyl groups is 1. The third kappa shape index (κ3) is 4.55. The summed E-state index contributed by atoms with van der Waals surface area (Å²) in [5, 5.41) is 17.2. The topological polar surface area (TPSA) is 131 Å². The number of piperidine rings is 1. The first-order chi connectivity index (χ1) is 17.8. The van der Waals surface area contributed by atoms with Crippen molar-refractivity contribution in [2.75, 3.05) is 6.61 Å². The highest BCUT2D eigenvalue weighted by Crippen LogP contribution is 2.43. The molecule has 4 N–H and O–H groups in total. The molecular weight excluding hydrogens is 501 g/mol. The van der Waals surface area contributed by atoms with Crippen LogP contribution in [0.2, 0.25) is 5.02 Å². The van der Waals surface area contributed by atoms with Gasteiger partial charge in [-0.15, -0.1) is 0 Å². The number of para-hydroxylation sites is 1. The number of nitrogens with zero attached hydrogens (tertiary/aromatic N) is 3. The Labute approximate surface area is 217 Å². The van der Waals surface area contributed by atoms with Crippen LogP contribution in [0.15, 0.2) is 42.5 Å². The van der Waals surface area contributed by atoms with Gasteiger partial charge >= 0.3 is 0 Å². The second kappa shape index (κ2) is 10.1. The normalized spacial score (nSPS) is 21.4. The van der Waals surface area contributed by atoms with E-state index in [0.717, 1.165) is 12.8 Å². The van der Waals surface area contributed by atoms with E-state index in [4.69, 9.17) is 17.3 Å². The number of rotatable bonds is 8. The molecule has 9 nitrogen and oxygen atoms in total. The molecule has 2 bridgehead atoms. The van der Waals surface area contributed by atoms with Crippen LogP contribution in [-0.4, -0.2) is 56.2 Å². The van der Waals surface area contributed by atoms with Gasteiger partial charge in [0.15, 0.2) is 5.69 Å². The monoisotopic (exact) mass is 527 g/mol. The standard InChI is InChI=1S/C26H27ClFN5O4/c27-18-6-3-5-16(22(18)28)19(10-11-34)30-26(37)24-14-8-9-15(12-14)33(24)21(35)13-32-20-7-2-1-4-17(20)23(31-32)25(29)36/h1-7,14-15,19,24,34H,8-13H2,(H2,29,36)(H,30,37)/t14-,15+,19?,24-/m0/s1. The number of amides is 3. The molecule has 1 unspecified atom stereocenters. The van der Waals surface area contributed by atoms with Crippen LogP contribution in [0, 0.1) is 11.7 Å². The molecule has 2 aromatic carbocycles. The Bertz CT molecular complexity index is 1380. The molecule has 0 spiro atoms. The summed E-state index contributed by atoms with van der Waals surface area (Å²) < 4.78 is 16.2. The van der Waals surface area contributed by atoms with Crippen LogP contribution in [0.5, 0.6) is 0 Å². The third-order valence-corrected chi connectivity index (χ3v) is 7.70. The van der Waals surface area contributed by atoms with Gasteiger partial charge in [0.1, 0.15) is 18.4 Å². The van der Waals surface area contributed by atoms with Crippen molar-refractivity contribution in [1.82, 2.24) is 20.0 Å².